The molecule has 1 fully saturated rings. The first-order valence-corrected chi connectivity index (χ1v) is 11.0. The zero-order valence-corrected chi connectivity index (χ0v) is 18.5. The van der Waals surface area contributed by atoms with Crippen LogP contribution in [0.5, 0.6) is 0 Å². The Labute approximate surface area is 195 Å². The molecule has 0 bridgehead atoms. The predicted molar refractivity (Wildman–Crippen MR) is 126 cm³/mol. The molecule has 1 amide bonds. The summed E-state index contributed by atoms with van der Waals surface area (Å²) in [5.74, 6) is 0.187. The van der Waals surface area contributed by atoms with E-state index in [0.717, 1.165) is 19.3 Å². The van der Waals surface area contributed by atoms with E-state index in [9.17, 15) is 14.9 Å². The molecule has 1 aliphatic rings. The number of amides is 1. The molecule has 9 nitrogen and oxygen atoms in total. The average molecular weight is 467 g/mol. The topological polar surface area (TPSA) is 113 Å². The van der Waals surface area contributed by atoms with Gasteiger partial charge >= 0.3 is 5.69 Å². The Morgan fingerprint density at radius 1 is 1.12 bits per heavy atom. The van der Waals surface area contributed by atoms with Gasteiger partial charge in [0.1, 0.15) is 6.33 Å². The number of hydrogen-bond acceptors (Lipinski definition) is 7. The van der Waals surface area contributed by atoms with E-state index >= 15 is 0 Å². The van der Waals surface area contributed by atoms with Crippen LogP contribution in [-0.4, -0.2) is 33.9 Å². The van der Waals surface area contributed by atoms with E-state index in [2.05, 4.69) is 33.0 Å². The highest BCUT2D eigenvalue weighted by molar-refractivity contribution is 6.30. The maximum atomic E-state index is 12.4. The van der Waals surface area contributed by atoms with Crippen LogP contribution in [0.3, 0.4) is 0 Å². The minimum atomic E-state index is -0.529. The molecule has 3 aromatic rings. The molecule has 2 heterocycles. The molecule has 0 atom stereocenters. The normalized spacial score (nSPS) is 14.0. The first-order chi connectivity index (χ1) is 16.0. The fraction of sp³-hybridized carbons (Fsp3) is 0.261. The minimum Gasteiger partial charge on any atom is -0.351 e. The fourth-order valence-corrected chi connectivity index (χ4v) is 4.16. The van der Waals surface area contributed by atoms with E-state index in [4.69, 9.17) is 11.6 Å². The lowest BCUT2D eigenvalue weighted by Crippen LogP contribution is -2.36. The molecule has 4 rings (SSSR count). The number of halogens is 1. The Morgan fingerprint density at radius 2 is 1.88 bits per heavy atom. The molecule has 0 unspecified atom stereocenters. The summed E-state index contributed by atoms with van der Waals surface area (Å²) in [5.41, 5.74) is 6.35. The molecule has 0 radical (unpaired) electrons. The highest BCUT2D eigenvalue weighted by Crippen LogP contribution is 2.34. The molecular weight excluding hydrogens is 444 g/mol. The Kier molecular flexibility index (Phi) is 6.99. The lowest BCUT2D eigenvalue weighted by molar-refractivity contribution is -0.383. The third kappa shape index (κ3) is 5.56. The highest BCUT2D eigenvalue weighted by Gasteiger charge is 2.30. The monoisotopic (exact) mass is 466 g/mol. The Bertz CT molecular complexity index is 1140. The van der Waals surface area contributed by atoms with E-state index in [0.29, 0.717) is 29.6 Å². The second kappa shape index (κ2) is 10.3. The Morgan fingerprint density at radius 3 is 2.58 bits per heavy atom. The number of aromatic nitrogens is 2. The van der Waals surface area contributed by atoms with Crippen LogP contribution < -0.4 is 15.8 Å². The number of rotatable bonds is 7. The molecule has 10 heteroatoms. The molecule has 1 aliphatic heterocycles. The Balaban J connectivity index is 1.44. The van der Waals surface area contributed by atoms with E-state index in [1.54, 1.807) is 18.2 Å². The van der Waals surface area contributed by atoms with Crippen LogP contribution in [0.25, 0.3) is 0 Å². The number of nitro groups is 1. The summed E-state index contributed by atoms with van der Waals surface area (Å²) in [7, 11) is 0. The SMILES string of the molecule is O=C(NNc1ncnc(N2CCC(Cc3ccccc3)CC2)c1[N+](=O)[O-])c1cccc(Cl)c1. The summed E-state index contributed by atoms with van der Waals surface area (Å²) in [5, 5.41) is 12.3. The van der Waals surface area contributed by atoms with Crippen molar-refractivity contribution in [1.82, 2.24) is 15.4 Å². The van der Waals surface area contributed by atoms with Gasteiger partial charge in [-0.2, -0.15) is 0 Å². The first-order valence-electron chi connectivity index (χ1n) is 10.6. The van der Waals surface area contributed by atoms with Gasteiger partial charge in [-0.15, -0.1) is 0 Å². The van der Waals surface area contributed by atoms with Crippen LogP contribution >= 0.6 is 11.6 Å². The van der Waals surface area contributed by atoms with Crippen molar-refractivity contribution in [3.63, 3.8) is 0 Å². The van der Waals surface area contributed by atoms with Crippen LogP contribution in [0.1, 0.15) is 28.8 Å². The van der Waals surface area contributed by atoms with Gasteiger partial charge in [-0.25, -0.2) is 9.97 Å². The second-order valence-electron chi connectivity index (χ2n) is 7.86. The highest BCUT2D eigenvalue weighted by atomic mass is 35.5. The molecule has 170 valence electrons. The van der Waals surface area contributed by atoms with Crippen LogP contribution in [-0.2, 0) is 6.42 Å². The third-order valence-corrected chi connectivity index (χ3v) is 5.88. The largest absolute Gasteiger partial charge is 0.355 e. The third-order valence-electron chi connectivity index (χ3n) is 5.65. The number of carbonyl (C=O) groups excluding carboxylic acids is 1. The number of hydrazine groups is 1. The van der Waals surface area contributed by atoms with Gasteiger partial charge in [-0.1, -0.05) is 48.0 Å². The van der Waals surface area contributed by atoms with Gasteiger partial charge in [0.15, 0.2) is 0 Å². The summed E-state index contributed by atoms with van der Waals surface area (Å²) in [4.78, 5) is 33.8. The van der Waals surface area contributed by atoms with Crippen molar-refractivity contribution >= 4 is 34.8 Å². The summed E-state index contributed by atoms with van der Waals surface area (Å²) < 4.78 is 0. The number of hydrogen-bond donors (Lipinski definition) is 2. The van der Waals surface area contributed by atoms with Crippen LogP contribution in [0.4, 0.5) is 17.3 Å². The van der Waals surface area contributed by atoms with Crippen molar-refractivity contribution in [2.45, 2.75) is 19.3 Å². The summed E-state index contributed by atoms with van der Waals surface area (Å²) >= 11 is 5.92. The van der Waals surface area contributed by atoms with Crippen molar-refractivity contribution in [2.75, 3.05) is 23.4 Å². The van der Waals surface area contributed by atoms with E-state index in [1.807, 2.05) is 23.1 Å². The number of nitrogens with zero attached hydrogens (tertiary/aromatic N) is 4. The van der Waals surface area contributed by atoms with Crippen LogP contribution in [0, 0.1) is 16.0 Å². The molecular formula is C23H23ClN6O3. The van der Waals surface area contributed by atoms with E-state index in [-0.39, 0.29) is 17.3 Å². The van der Waals surface area contributed by atoms with Gasteiger partial charge in [-0.05, 0) is 48.9 Å². The molecule has 33 heavy (non-hydrogen) atoms. The number of benzene rings is 2. The molecule has 2 aromatic carbocycles. The summed E-state index contributed by atoms with van der Waals surface area (Å²) in [6.07, 6.45) is 4.06. The summed E-state index contributed by atoms with van der Waals surface area (Å²) in [6, 6.07) is 16.7. The van der Waals surface area contributed by atoms with Crippen molar-refractivity contribution in [3.05, 3.63) is 87.2 Å². The quantitative estimate of drug-likeness (QED) is 0.395. The van der Waals surface area contributed by atoms with Gasteiger partial charge in [0.25, 0.3) is 5.91 Å². The van der Waals surface area contributed by atoms with E-state index < -0.39 is 10.8 Å². The molecule has 0 aliphatic carbocycles. The average Bonchev–Trinajstić information content (AvgIpc) is 2.83. The second-order valence-corrected chi connectivity index (χ2v) is 8.30. The number of carbonyl (C=O) groups is 1. The smallest absolute Gasteiger partial charge is 0.351 e. The van der Waals surface area contributed by atoms with Crippen molar-refractivity contribution in [1.29, 1.82) is 0 Å². The predicted octanol–water partition coefficient (Wildman–Crippen LogP) is 4.25. The van der Waals surface area contributed by atoms with Gasteiger partial charge in [0.05, 0.1) is 4.92 Å². The standard InChI is InChI=1S/C23H23ClN6O3/c24-19-8-4-7-18(14-19)23(31)28-27-21-20(30(32)33)22(26-15-25-21)29-11-9-17(10-12-29)13-16-5-2-1-3-6-16/h1-8,14-15,17H,9-13H2,(H,28,31)(H,25,26,27). The fourth-order valence-electron chi connectivity index (χ4n) is 3.97. The lowest BCUT2D eigenvalue weighted by atomic mass is 9.90. The first kappa shape index (κ1) is 22.5. The molecule has 1 saturated heterocycles. The molecule has 0 saturated carbocycles. The zero-order chi connectivity index (χ0) is 23.2. The maximum absolute atomic E-state index is 12.4. The van der Waals surface area contributed by atoms with Crippen LogP contribution in [0.2, 0.25) is 5.02 Å². The van der Waals surface area contributed by atoms with Crippen molar-refractivity contribution in [3.8, 4) is 0 Å². The molecule has 1 aromatic heterocycles. The van der Waals surface area contributed by atoms with Crippen molar-refractivity contribution < 1.29 is 9.72 Å². The minimum absolute atomic E-state index is 0.0770. The Hall–Kier alpha value is -3.72. The zero-order valence-electron chi connectivity index (χ0n) is 17.8. The van der Waals surface area contributed by atoms with Gasteiger partial charge in [-0.3, -0.25) is 25.8 Å². The molecule has 0 spiro atoms. The van der Waals surface area contributed by atoms with Gasteiger partial charge in [0.2, 0.25) is 11.6 Å². The van der Waals surface area contributed by atoms with E-state index in [1.165, 1.54) is 18.0 Å². The van der Waals surface area contributed by atoms with Gasteiger partial charge in [0, 0.05) is 23.7 Å². The maximum Gasteiger partial charge on any atom is 0.355 e. The summed E-state index contributed by atoms with van der Waals surface area (Å²) in [6.45, 7) is 1.31. The number of nitrogens with one attached hydrogen (secondary N) is 2. The van der Waals surface area contributed by atoms with Crippen LogP contribution in [0.15, 0.2) is 60.9 Å². The van der Waals surface area contributed by atoms with Gasteiger partial charge < -0.3 is 4.90 Å². The molecule has 2 N–H and O–H groups in total. The number of anilines is 2. The lowest BCUT2D eigenvalue weighted by Gasteiger charge is -2.32. The van der Waals surface area contributed by atoms with Crippen molar-refractivity contribution in [2.24, 2.45) is 5.92 Å². The number of piperidine rings is 1.